The van der Waals surface area contributed by atoms with Crippen LogP contribution in [-0.2, 0) is 11.8 Å². The topological polar surface area (TPSA) is 53.4 Å². The molecule has 1 saturated heterocycles. The lowest BCUT2D eigenvalue weighted by molar-refractivity contribution is -0.165. The van der Waals surface area contributed by atoms with Crippen LogP contribution in [0.1, 0.15) is 25.7 Å². The van der Waals surface area contributed by atoms with Crippen molar-refractivity contribution in [1.29, 1.82) is 0 Å². The number of carbonyl (C=O) groups is 1. The Labute approximate surface area is 151 Å². The molecule has 0 saturated carbocycles. The first-order valence-electron chi connectivity index (χ1n) is 7.97. The standard InChI is InChI=1S/C15H24F3N5O.ClH/c1-11(2)23(10-15(16,17)18)13(24)9-22-7-4-19-8-12(22)14-20-5-6-21(14)3;/h5-6,11-12,19H,4,7-10H2,1-3H3;1H. The average molecular weight is 384 g/mol. The zero-order valence-electron chi connectivity index (χ0n) is 14.6. The molecule has 1 aliphatic rings. The van der Waals surface area contributed by atoms with Crippen LogP contribution in [0.5, 0.6) is 0 Å². The molecule has 1 fully saturated rings. The number of carbonyl (C=O) groups excluding carboxylic acids is 1. The van der Waals surface area contributed by atoms with Gasteiger partial charge in [0, 0.05) is 45.1 Å². The summed E-state index contributed by atoms with van der Waals surface area (Å²) in [6.45, 7) is 3.81. The normalized spacial score (nSPS) is 18.9. The molecule has 1 amide bonds. The number of nitrogens with zero attached hydrogens (tertiary/aromatic N) is 4. The van der Waals surface area contributed by atoms with Crippen molar-refractivity contribution in [2.24, 2.45) is 7.05 Å². The summed E-state index contributed by atoms with van der Waals surface area (Å²) in [4.78, 5) is 19.6. The van der Waals surface area contributed by atoms with E-state index in [4.69, 9.17) is 0 Å². The second kappa shape index (κ2) is 8.86. The summed E-state index contributed by atoms with van der Waals surface area (Å²) in [6.07, 6.45) is -0.912. The van der Waals surface area contributed by atoms with Crippen molar-refractivity contribution in [2.75, 3.05) is 32.7 Å². The largest absolute Gasteiger partial charge is 0.406 e. The molecule has 2 rings (SSSR count). The predicted octanol–water partition coefficient (Wildman–Crippen LogP) is 1.59. The molecular weight excluding hydrogens is 359 g/mol. The van der Waals surface area contributed by atoms with Crippen molar-refractivity contribution >= 4 is 18.3 Å². The number of piperazine rings is 1. The molecule has 6 nitrogen and oxygen atoms in total. The van der Waals surface area contributed by atoms with Gasteiger partial charge >= 0.3 is 6.18 Å². The molecule has 10 heteroatoms. The van der Waals surface area contributed by atoms with Crippen LogP contribution in [0.3, 0.4) is 0 Å². The third-order valence-electron chi connectivity index (χ3n) is 4.14. The van der Waals surface area contributed by atoms with Gasteiger partial charge in [-0.1, -0.05) is 0 Å². The quantitative estimate of drug-likeness (QED) is 0.839. The Bertz CT molecular complexity index is 564. The fraction of sp³-hybridized carbons (Fsp3) is 0.733. The minimum Gasteiger partial charge on any atom is -0.337 e. The Morgan fingerprint density at radius 1 is 1.48 bits per heavy atom. The van der Waals surface area contributed by atoms with Gasteiger partial charge in [0.25, 0.3) is 0 Å². The van der Waals surface area contributed by atoms with Gasteiger partial charge in [0.05, 0.1) is 12.6 Å². The van der Waals surface area contributed by atoms with Crippen molar-refractivity contribution in [2.45, 2.75) is 32.1 Å². The van der Waals surface area contributed by atoms with E-state index in [2.05, 4.69) is 10.3 Å². The molecule has 1 N–H and O–H groups in total. The summed E-state index contributed by atoms with van der Waals surface area (Å²) in [5, 5.41) is 3.24. The maximum Gasteiger partial charge on any atom is 0.406 e. The summed E-state index contributed by atoms with van der Waals surface area (Å²) in [7, 11) is 1.86. The predicted molar refractivity (Wildman–Crippen MR) is 90.5 cm³/mol. The third kappa shape index (κ3) is 5.86. The van der Waals surface area contributed by atoms with Gasteiger partial charge in [-0.15, -0.1) is 12.4 Å². The van der Waals surface area contributed by atoms with E-state index in [1.807, 2.05) is 22.7 Å². The lowest BCUT2D eigenvalue weighted by Crippen LogP contribution is -2.53. The fourth-order valence-corrected chi connectivity index (χ4v) is 2.90. The minimum absolute atomic E-state index is 0. The number of aryl methyl sites for hydroxylation is 1. The second-order valence-electron chi connectivity index (χ2n) is 6.32. The molecule has 1 aromatic rings. The molecule has 0 aromatic carbocycles. The van der Waals surface area contributed by atoms with Crippen molar-refractivity contribution < 1.29 is 18.0 Å². The first-order valence-corrected chi connectivity index (χ1v) is 7.97. The molecule has 1 atom stereocenters. The maximum absolute atomic E-state index is 12.7. The zero-order valence-corrected chi connectivity index (χ0v) is 15.4. The van der Waals surface area contributed by atoms with E-state index in [9.17, 15) is 18.0 Å². The smallest absolute Gasteiger partial charge is 0.337 e. The van der Waals surface area contributed by atoms with Crippen molar-refractivity contribution in [1.82, 2.24) is 24.7 Å². The van der Waals surface area contributed by atoms with Gasteiger partial charge in [0.1, 0.15) is 12.4 Å². The highest BCUT2D eigenvalue weighted by Crippen LogP contribution is 2.22. The van der Waals surface area contributed by atoms with Gasteiger partial charge in [-0.05, 0) is 13.8 Å². The van der Waals surface area contributed by atoms with Crippen LogP contribution in [0.2, 0.25) is 0 Å². The number of amides is 1. The van der Waals surface area contributed by atoms with Crippen LogP contribution < -0.4 is 5.32 Å². The highest BCUT2D eigenvalue weighted by molar-refractivity contribution is 5.85. The summed E-state index contributed by atoms with van der Waals surface area (Å²) >= 11 is 0. The molecule has 25 heavy (non-hydrogen) atoms. The third-order valence-corrected chi connectivity index (χ3v) is 4.14. The molecule has 0 radical (unpaired) electrons. The van der Waals surface area contributed by atoms with E-state index >= 15 is 0 Å². The van der Waals surface area contributed by atoms with E-state index in [0.29, 0.717) is 19.6 Å². The van der Waals surface area contributed by atoms with Gasteiger partial charge in [0.2, 0.25) is 5.91 Å². The van der Waals surface area contributed by atoms with Crippen LogP contribution in [0, 0.1) is 0 Å². The van der Waals surface area contributed by atoms with Crippen molar-refractivity contribution in [3.8, 4) is 0 Å². The van der Waals surface area contributed by atoms with Crippen LogP contribution in [0.25, 0.3) is 0 Å². The Morgan fingerprint density at radius 3 is 2.68 bits per heavy atom. The first-order chi connectivity index (χ1) is 11.2. The van der Waals surface area contributed by atoms with Crippen LogP contribution in [0.15, 0.2) is 12.4 Å². The van der Waals surface area contributed by atoms with E-state index < -0.39 is 24.7 Å². The lowest BCUT2D eigenvalue weighted by Gasteiger charge is -2.37. The zero-order chi connectivity index (χ0) is 17.9. The summed E-state index contributed by atoms with van der Waals surface area (Å²) in [6, 6.07) is -0.642. The van der Waals surface area contributed by atoms with Gasteiger partial charge < -0.3 is 14.8 Å². The fourth-order valence-electron chi connectivity index (χ4n) is 2.90. The number of alkyl halides is 3. The second-order valence-corrected chi connectivity index (χ2v) is 6.32. The van der Waals surface area contributed by atoms with Gasteiger partial charge in [-0.2, -0.15) is 13.2 Å². The number of rotatable bonds is 5. The van der Waals surface area contributed by atoms with Crippen molar-refractivity contribution in [3.63, 3.8) is 0 Å². The molecule has 0 aliphatic carbocycles. The SMILES string of the molecule is CC(C)N(CC(F)(F)F)C(=O)CN1CCNCC1c1nccn1C.Cl. The number of halogens is 4. The van der Waals surface area contributed by atoms with Crippen LogP contribution >= 0.6 is 12.4 Å². The number of imidazole rings is 1. The van der Waals surface area contributed by atoms with E-state index in [0.717, 1.165) is 10.7 Å². The Kier molecular flexibility index (Phi) is 7.70. The monoisotopic (exact) mass is 383 g/mol. The first kappa shape index (κ1) is 21.7. The number of hydrogen-bond acceptors (Lipinski definition) is 4. The van der Waals surface area contributed by atoms with Crippen molar-refractivity contribution in [3.05, 3.63) is 18.2 Å². The van der Waals surface area contributed by atoms with Crippen LogP contribution in [0.4, 0.5) is 13.2 Å². The highest BCUT2D eigenvalue weighted by atomic mass is 35.5. The number of nitrogens with one attached hydrogen (secondary N) is 1. The van der Waals surface area contributed by atoms with Gasteiger partial charge in [0.15, 0.2) is 0 Å². The molecule has 144 valence electrons. The molecule has 1 unspecified atom stereocenters. The lowest BCUT2D eigenvalue weighted by atomic mass is 10.1. The molecule has 1 aliphatic heterocycles. The number of aromatic nitrogens is 2. The summed E-state index contributed by atoms with van der Waals surface area (Å²) < 4.78 is 40.0. The highest BCUT2D eigenvalue weighted by Gasteiger charge is 2.36. The van der Waals surface area contributed by atoms with E-state index in [1.165, 1.54) is 0 Å². The Balaban J connectivity index is 0.00000312. The summed E-state index contributed by atoms with van der Waals surface area (Å²) in [5.74, 6) is 0.283. The molecule has 0 spiro atoms. The van der Waals surface area contributed by atoms with Crippen LogP contribution in [-0.4, -0.2) is 70.2 Å². The van der Waals surface area contributed by atoms with E-state index in [-0.39, 0.29) is 25.0 Å². The maximum atomic E-state index is 12.7. The molecule has 0 bridgehead atoms. The minimum atomic E-state index is -4.40. The Morgan fingerprint density at radius 2 is 2.16 bits per heavy atom. The summed E-state index contributed by atoms with van der Waals surface area (Å²) in [5.41, 5.74) is 0. The average Bonchev–Trinajstić information content (AvgIpc) is 2.90. The van der Waals surface area contributed by atoms with Gasteiger partial charge in [-0.3, -0.25) is 9.69 Å². The molecular formula is C15H25ClF3N5O. The number of hydrogen-bond donors (Lipinski definition) is 1. The molecule has 1 aromatic heterocycles. The van der Waals surface area contributed by atoms with E-state index in [1.54, 1.807) is 20.0 Å². The Hall–Kier alpha value is -1.32. The molecule has 2 heterocycles. The van der Waals surface area contributed by atoms with Gasteiger partial charge in [-0.25, -0.2) is 4.98 Å².